The Morgan fingerprint density at radius 2 is 2.13 bits per heavy atom. The van der Waals surface area contributed by atoms with E-state index in [0.717, 1.165) is 0 Å². The van der Waals surface area contributed by atoms with Crippen molar-refractivity contribution in [3.05, 3.63) is 40.2 Å². The Morgan fingerprint density at radius 3 is 2.80 bits per heavy atom. The van der Waals surface area contributed by atoms with Crippen molar-refractivity contribution in [2.45, 2.75) is 0 Å². The Bertz CT molecular complexity index is 556. The summed E-state index contributed by atoms with van der Waals surface area (Å²) in [6.07, 6.45) is 0. The minimum Gasteiger partial charge on any atom is -0.477 e. The predicted molar refractivity (Wildman–Crippen MR) is 56.4 cm³/mol. The third-order valence-corrected chi connectivity index (χ3v) is 2.60. The molecule has 0 spiro atoms. The first-order valence-corrected chi connectivity index (χ1v) is 4.86. The number of carboxylic acids is 1. The lowest BCUT2D eigenvalue weighted by Crippen LogP contribution is -2.00. The lowest BCUT2D eigenvalue weighted by atomic mass is 10.2. The minimum absolute atomic E-state index is 0.0685. The molecule has 0 aliphatic carbocycles. The molecule has 1 heterocycles. The van der Waals surface area contributed by atoms with E-state index in [1.807, 2.05) is 0 Å². The molecule has 3 nitrogen and oxygen atoms in total. The fourth-order valence-corrected chi connectivity index (χ4v) is 1.80. The molecule has 1 aromatic carbocycles. The van der Waals surface area contributed by atoms with E-state index in [1.165, 1.54) is 24.3 Å². The van der Waals surface area contributed by atoms with Crippen LogP contribution in [0.2, 0.25) is 0 Å². The molecule has 0 atom stereocenters. The van der Waals surface area contributed by atoms with Crippen molar-refractivity contribution in [3.63, 3.8) is 0 Å². The Labute approximate surface area is 92.7 Å². The first kappa shape index (κ1) is 10.0. The van der Waals surface area contributed by atoms with Gasteiger partial charge in [0.15, 0.2) is 0 Å². The third kappa shape index (κ3) is 1.83. The molecule has 0 fully saturated rings. The number of halogens is 2. The van der Waals surface area contributed by atoms with E-state index in [0.29, 0.717) is 15.4 Å². The number of carboxylic acid groups (broad SMARTS) is 1. The van der Waals surface area contributed by atoms with Crippen LogP contribution in [0, 0.1) is 5.82 Å². The van der Waals surface area contributed by atoms with Crippen LogP contribution in [-0.2, 0) is 0 Å². The highest BCUT2D eigenvalue weighted by Crippen LogP contribution is 2.24. The van der Waals surface area contributed by atoms with Crippen LogP contribution in [0.1, 0.15) is 10.5 Å². The monoisotopic (exact) mass is 269 g/mol. The molecule has 0 aliphatic heterocycles. The van der Waals surface area contributed by atoms with Gasteiger partial charge in [0.05, 0.1) is 5.52 Å². The Morgan fingerprint density at radius 1 is 1.40 bits per heavy atom. The molecule has 0 bridgehead atoms. The van der Waals surface area contributed by atoms with Gasteiger partial charge in [0.2, 0.25) is 0 Å². The molecule has 0 aliphatic rings. The van der Waals surface area contributed by atoms with Gasteiger partial charge in [-0.15, -0.1) is 0 Å². The van der Waals surface area contributed by atoms with Gasteiger partial charge in [0.25, 0.3) is 0 Å². The summed E-state index contributed by atoms with van der Waals surface area (Å²) in [5.74, 6) is -1.49. The van der Waals surface area contributed by atoms with Crippen molar-refractivity contribution in [1.82, 2.24) is 4.98 Å². The van der Waals surface area contributed by atoms with Crippen LogP contribution in [0.4, 0.5) is 4.39 Å². The van der Waals surface area contributed by atoms with E-state index >= 15 is 0 Å². The van der Waals surface area contributed by atoms with Crippen molar-refractivity contribution < 1.29 is 14.3 Å². The van der Waals surface area contributed by atoms with Gasteiger partial charge in [-0.2, -0.15) is 0 Å². The first-order chi connectivity index (χ1) is 7.08. The number of nitrogens with zero attached hydrogens (tertiary/aromatic N) is 1. The van der Waals surface area contributed by atoms with Crippen LogP contribution in [0.3, 0.4) is 0 Å². The van der Waals surface area contributed by atoms with Gasteiger partial charge in [-0.1, -0.05) is 15.9 Å². The number of rotatable bonds is 1. The maximum atomic E-state index is 12.9. The fourth-order valence-electron chi connectivity index (χ4n) is 1.27. The van der Waals surface area contributed by atoms with Gasteiger partial charge in [-0.3, -0.25) is 0 Å². The zero-order valence-electron chi connectivity index (χ0n) is 7.37. The molecular weight excluding hydrogens is 265 g/mol. The number of benzene rings is 1. The van der Waals surface area contributed by atoms with Gasteiger partial charge in [0, 0.05) is 9.86 Å². The maximum absolute atomic E-state index is 12.9. The third-order valence-electron chi connectivity index (χ3n) is 1.94. The highest BCUT2D eigenvalue weighted by molar-refractivity contribution is 9.10. The largest absolute Gasteiger partial charge is 0.477 e. The summed E-state index contributed by atoms with van der Waals surface area (Å²) >= 11 is 3.18. The van der Waals surface area contributed by atoms with Gasteiger partial charge in [-0.05, 0) is 24.3 Å². The number of hydrogen-bond acceptors (Lipinski definition) is 2. The molecule has 15 heavy (non-hydrogen) atoms. The van der Waals surface area contributed by atoms with Crippen LogP contribution < -0.4 is 0 Å². The van der Waals surface area contributed by atoms with Crippen molar-refractivity contribution in [3.8, 4) is 0 Å². The summed E-state index contributed by atoms with van der Waals surface area (Å²) in [6.45, 7) is 0. The summed E-state index contributed by atoms with van der Waals surface area (Å²) in [6, 6.07) is 5.34. The van der Waals surface area contributed by atoms with E-state index in [9.17, 15) is 9.18 Å². The molecule has 2 aromatic rings. The summed E-state index contributed by atoms with van der Waals surface area (Å²) in [5.41, 5.74) is 0.379. The van der Waals surface area contributed by atoms with E-state index in [1.54, 1.807) is 0 Å². The van der Waals surface area contributed by atoms with Crippen LogP contribution in [0.25, 0.3) is 10.9 Å². The fraction of sp³-hybridized carbons (Fsp3) is 0. The molecule has 0 unspecified atom stereocenters. The molecule has 0 saturated carbocycles. The number of aromatic nitrogens is 1. The van der Waals surface area contributed by atoms with Gasteiger partial charge in [-0.25, -0.2) is 14.2 Å². The Kier molecular flexibility index (Phi) is 2.40. The molecule has 1 aromatic heterocycles. The number of pyridine rings is 1. The number of carbonyl (C=O) groups is 1. The van der Waals surface area contributed by atoms with E-state index in [-0.39, 0.29) is 11.5 Å². The maximum Gasteiger partial charge on any atom is 0.354 e. The van der Waals surface area contributed by atoms with Crippen LogP contribution in [0.15, 0.2) is 28.7 Å². The number of hydrogen-bond donors (Lipinski definition) is 1. The normalized spacial score (nSPS) is 10.5. The van der Waals surface area contributed by atoms with Crippen LogP contribution >= 0.6 is 15.9 Å². The van der Waals surface area contributed by atoms with Crippen molar-refractivity contribution in [2.75, 3.05) is 0 Å². The topological polar surface area (TPSA) is 50.2 Å². The zero-order chi connectivity index (χ0) is 11.0. The second kappa shape index (κ2) is 3.58. The predicted octanol–water partition coefficient (Wildman–Crippen LogP) is 2.83. The molecule has 1 N–H and O–H groups in total. The van der Waals surface area contributed by atoms with Crippen LogP contribution in [-0.4, -0.2) is 16.1 Å². The summed E-state index contributed by atoms with van der Waals surface area (Å²) in [5, 5.41) is 9.32. The molecule has 5 heteroatoms. The lowest BCUT2D eigenvalue weighted by molar-refractivity contribution is 0.0691. The molecule has 76 valence electrons. The number of fused-ring (bicyclic) bond motifs is 1. The Hall–Kier alpha value is -1.49. The van der Waals surface area contributed by atoms with Crippen molar-refractivity contribution in [1.29, 1.82) is 0 Å². The summed E-state index contributed by atoms with van der Waals surface area (Å²) in [4.78, 5) is 14.6. The van der Waals surface area contributed by atoms with Gasteiger partial charge >= 0.3 is 5.97 Å². The van der Waals surface area contributed by atoms with Crippen molar-refractivity contribution >= 4 is 32.8 Å². The molecular formula is C10H5BrFNO2. The van der Waals surface area contributed by atoms with Gasteiger partial charge < -0.3 is 5.11 Å². The van der Waals surface area contributed by atoms with E-state index in [2.05, 4.69) is 20.9 Å². The number of aromatic carboxylic acids is 1. The summed E-state index contributed by atoms with van der Waals surface area (Å²) < 4.78 is 13.4. The average molecular weight is 270 g/mol. The van der Waals surface area contributed by atoms with Crippen molar-refractivity contribution in [2.24, 2.45) is 0 Å². The molecule has 2 rings (SSSR count). The zero-order valence-corrected chi connectivity index (χ0v) is 8.95. The smallest absolute Gasteiger partial charge is 0.354 e. The SMILES string of the molecule is O=C(O)c1cc(Br)c2cc(F)ccc2n1. The van der Waals surface area contributed by atoms with E-state index in [4.69, 9.17) is 5.11 Å². The average Bonchev–Trinajstić information content (AvgIpc) is 2.18. The second-order valence-corrected chi connectivity index (χ2v) is 3.81. The van der Waals surface area contributed by atoms with Gasteiger partial charge in [0.1, 0.15) is 11.5 Å². The minimum atomic E-state index is -1.11. The Balaban J connectivity index is 2.78. The quantitative estimate of drug-likeness (QED) is 0.866. The highest BCUT2D eigenvalue weighted by atomic mass is 79.9. The second-order valence-electron chi connectivity index (χ2n) is 2.96. The molecule has 0 radical (unpaired) electrons. The molecule has 0 saturated heterocycles. The lowest BCUT2D eigenvalue weighted by Gasteiger charge is -2.02. The molecule has 0 amide bonds. The van der Waals surface area contributed by atoms with Crippen LogP contribution in [0.5, 0.6) is 0 Å². The highest BCUT2D eigenvalue weighted by Gasteiger charge is 2.09. The standard InChI is InChI=1S/C10H5BrFNO2/c11-7-4-9(10(14)15)13-8-2-1-5(12)3-6(7)8/h1-4H,(H,14,15). The first-order valence-electron chi connectivity index (χ1n) is 4.07. The van der Waals surface area contributed by atoms with E-state index < -0.39 is 5.97 Å². The summed E-state index contributed by atoms with van der Waals surface area (Å²) in [7, 11) is 0.